The van der Waals surface area contributed by atoms with Gasteiger partial charge in [0.25, 0.3) is 0 Å². The highest BCUT2D eigenvalue weighted by Gasteiger charge is 2.42. The normalized spacial score (nSPS) is 17.5. The zero-order chi connectivity index (χ0) is 22.5. The van der Waals surface area contributed by atoms with E-state index in [0.29, 0.717) is 12.4 Å². The molecule has 0 bridgehead atoms. The number of hydrogen-bond acceptors (Lipinski definition) is 4. The Hall–Kier alpha value is -3.21. The summed E-state index contributed by atoms with van der Waals surface area (Å²) in [4.78, 5) is 18.1. The molecule has 0 amide bonds. The van der Waals surface area contributed by atoms with Crippen LogP contribution in [0.2, 0.25) is 0 Å². The van der Waals surface area contributed by atoms with Gasteiger partial charge in [-0.05, 0) is 36.5 Å². The minimum Gasteiger partial charge on any atom is -0.465 e. The van der Waals surface area contributed by atoms with E-state index in [1.54, 1.807) is 0 Å². The van der Waals surface area contributed by atoms with Gasteiger partial charge < -0.3 is 4.74 Å². The van der Waals surface area contributed by atoms with Gasteiger partial charge in [-0.3, -0.25) is 9.89 Å². The van der Waals surface area contributed by atoms with Crippen LogP contribution in [0, 0.1) is 5.92 Å². The van der Waals surface area contributed by atoms with Crippen LogP contribution in [-0.4, -0.2) is 28.5 Å². The summed E-state index contributed by atoms with van der Waals surface area (Å²) >= 11 is 0. The summed E-state index contributed by atoms with van der Waals surface area (Å²) in [6.45, 7) is 6.65. The predicted molar refractivity (Wildman–Crippen MR) is 128 cm³/mol. The Morgan fingerprint density at radius 3 is 2.53 bits per heavy atom. The van der Waals surface area contributed by atoms with Crippen LogP contribution in [0.1, 0.15) is 62.6 Å². The molecule has 0 spiro atoms. The lowest BCUT2D eigenvalue weighted by Crippen LogP contribution is -2.34. The molecule has 166 valence electrons. The minimum absolute atomic E-state index is 0.203. The second-order valence-electron chi connectivity index (χ2n) is 8.34. The minimum atomic E-state index is -0.475. The van der Waals surface area contributed by atoms with Crippen LogP contribution < -0.4 is 0 Å². The van der Waals surface area contributed by atoms with Crippen molar-refractivity contribution in [2.75, 3.05) is 6.61 Å². The molecular weight excluding hydrogens is 398 g/mol. The Kier molecular flexibility index (Phi) is 6.84. The van der Waals surface area contributed by atoms with E-state index in [2.05, 4.69) is 54.4 Å². The lowest BCUT2D eigenvalue weighted by molar-refractivity contribution is -0.146. The Balaban J connectivity index is 1.83. The number of fused-ring (bicyclic) bond motifs is 1. The van der Waals surface area contributed by atoms with Crippen molar-refractivity contribution in [2.24, 2.45) is 10.9 Å². The molecule has 0 saturated carbocycles. The van der Waals surface area contributed by atoms with Gasteiger partial charge in [0.15, 0.2) is 5.82 Å². The van der Waals surface area contributed by atoms with Crippen LogP contribution in [0.4, 0.5) is 5.82 Å². The number of unbranched alkanes of at least 4 members (excludes halogenated alkanes) is 2. The molecule has 4 rings (SSSR count). The number of esters is 1. The average molecular weight is 430 g/mol. The Morgan fingerprint density at radius 1 is 1.03 bits per heavy atom. The van der Waals surface area contributed by atoms with E-state index < -0.39 is 5.92 Å². The maximum absolute atomic E-state index is 13.4. The van der Waals surface area contributed by atoms with Crippen LogP contribution in [-0.2, 0) is 16.0 Å². The molecule has 32 heavy (non-hydrogen) atoms. The van der Waals surface area contributed by atoms with E-state index in [9.17, 15) is 4.79 Å². The number of nitrogens with one attached hydrogen (secondary N) is 1. The molecule has 0 saturated heterocycles. The zero-order valence-corrected chi connectivity index (χ0v) is 19.1. The lowest BCUT2D eigenvalue weighted by atomic mass is 9.74. The number of aryl methyl sites for hydroxylation is 1. The number of benzene rings is 2. The Bertz CT molecular complexity index is 1100. The molecule has 2 heterocycles. The van der Waals surface area contributed by atoms with Gasteiger partial charge in [0.05, 0.1) is 12.3 Å². The summed E-state index contributed by atoms with van der Waals surface area (Å²) in [7, 11) is 0. The van der Waals surface area contributed by atoms with E-state index in [1.807, 2.05) is 31.2 Å². The largest absolute Gasteiger partial charge is 0.465 e. The van der Waals surface area contributed by atoms with E-state index in [1.165, 1.54) is 5.56 Å². The second kappa shape index (κ2) is 9.94. The quantitative estimate of drug-likeness (QED) is 0.341. The first-order valence-corrected chi connectivity index (χ1v) is 11.6. The third kappa shape index (κ3) is 4.24. The van der Waals surface area contributed by atoms with Gasteiger partial charge in [0.2, 0.25) is 0 Å². The number of hydrogen-bond donors (Lipinski definition) is 1. The van der Waals surface area contributed by atoms with Crippen molar-refractivity contribution in [3.63, 3.8) is 0 Å². The van der Waals surface area contributed by atoms with Crippen molar-refractivity contribution >= 4 is 17.5 Å². The standard InChI is InChI=1S/C27H31N3O2/c1-4-6-12-17-32-27(31)22-18(3)28-26-24(23(22)21-16-11-10-13-19(21)5-2)25(29-30-26)20-14-8-7-9-15-20/h7-11,13-16,22-23H,4-6,12,17H2,1-3H3,(H,29,30). The molecule has 1 N–H and O–H groups in total. The van der Waals surface area contributed by atoms with Crippen LogP contribution >= 0.6 is 0 Å². The first kappa shape index (κ1) is 22.0. The topological polar surface area (TPSA) is 67.3 Å². The summed E-state index contributed by atoms with van der Waals surface area (Å²) in [6, 6.07) is 18.5. The van der Waals surface area contributed by atoms with E-state index >= 15 is 0 Å². The first-order chi connectivity index (χ1) is 15.7. The van der Waals surface area contributed by atoms with E-state index in [0.717, 1.165) is 53.8 Å². The average Bonchev–Trinajstić information content (AvgIpc) is 3.24. The van der Waals surface area contributed by atoms with Gasteiger partial charge in [-0.2, -0.15) is 5.10 Å². The Labute approximate surface area is 189 Å². The molecule has 5 heteroatoms. The van der Waals surface area contributed by atoms with Crippen LogP contribution in [0.3, 0.4) is 0 Å². The number of carbonyl (C=O) groups is 1. The maximum Gasteiger partial charge on any atom is 0.315 e. The summed E-state index contributed by atoms with van der Waals surface area (Å²) in [5, 5.41) is 7.73. The molecule has 2 atom stereocenters. The third-order valence-corrected chi connectivity index (χ3v) is 6.24. The molecule has 0 aliphatic carbocycles. The summed E-state index contributed by atoms with van der Waals surface area (Å²) in [5.74, 6) is -0.223. The van der Waals surface area contributed by atoms with Gasteiger partial charge in [0.1, 0.15) is 5.92 Å². The maximum atomic E-state index is 13.4. The van der Waals surface area contributed by atoms with Gasteiger partial charge >= 0.3 is 5.97 Å². The summed E-state index contributed by atoms with van der Waals surface area (Å²) < 4.78 is 5.77. The van der Waals surface area contributed by atoms with Crippen molar-refractivity contribution < 1.29 is 9.53 Å². The number of ether oxygens (including phenoxy) is 1. The summed E-state index contributed by atoms with van der Waals surface area (Å²) in [5.41, 5.74) is 6.03. The number of aliphatic imine (C=N–C) groups is 1. The molecule has 2 aromatic carbocycles. The second-order valence-corrected chi connectivity index (χ2v) is 8.34. The zero-order valence-electron chi connectivity index (χ0n) is 19.1. The molecule has 1 aromatic heterocycles. The van der Waals surface area contributed by atoms with Gasteiger partial charge in [-0.15, -0.1) is 0 Å². The van der Waals surface area contributed by atoms with Crippen molar-refractivity contribution in [2.45, 2.75) is 52.4 Å². The molecule has 0 fully saturated rings. The highest BCUT2D eigenvalue weighted by atomic mass is 16.5. The molecule has 1 aliphatic heterocycles. The number of carbonyl (C=O) groups excluding carboxylic acids is 1. The van der Waals surface area contributed by atoms with Gasteiger partial charge in [-0.25, -0.2) is 4.99 Å². The molecular formula is C27H31N3O2. The highest BCUT2D eigenvalue weighted by Crippen LogP contribution is 2.47. The SMILES string of the molecule is CCCCCOC(=O)C1C(C)=Nc2n[nH]c(-c3ccccc3)c2C1c1ccccc1CC. The number of aromatic nitrogens is 2. The monoisotopic (exact) mass is 429 g/mol. The number of nitrogens with zero attached hydrogens (tertiary/aromatic N) is 2. The van der Waals surface area contributed by atoms with Gasteiger partial charge in [-0.1, -0.05) is 81.3 Å². The molecule has 5 nitrogen and oxygen atoms in total. The van der Waals surface area contributed by atoms with Crippen molar-refractivity contribution in [1.29, 1.82) is 0 Å². The van der Waals surface area contributed by atoms with Crippen molar-refractivity contribution in [3.8, 4) is 11.3 Å². The van der Waals surface area contributed by atoms with Crippen LogP contribution in [0.15, 0.2) is 59.6 Å². The fourth-order valence-electron chi connectivity index (χ4n) is 4.61. The van der Waals surface area contributed by atoms with Crippen LogP contribution in [0.25, 0.3) is 11.3 Å². The van der Waals surface area contributed by atoms with Crippen molar-refractivity contribution in [3.05, 3.63) is 71.3 Å². The van der Waals surface area contributed by atoms with E-state index in [4.69, 9.17) is 9.73 Å². The van der Waals surface area contributed by atoms with Gasteiger partial charge in [0, 0.05) is 17.2 Å². The molecule has 2 unspecified atom stereocenters. The number of aromatic amines is 1. The van der Waals surface area contributed by atoms with E-state index in [-0.39, 0.29) is 11.9 Å². The van der Waals surface area contributed by atoms with Crippen molar-refractivity contribution in [1.82, 2.24) is 10.2 Å². The molecule has 3 aromatic rings. The fraction of sp³-hybridized carbons (Fsp3) is 0.370. The first-order valence-electron chi connectivity index (χ1n) is 11.6. The smallest absolute Gasteiger partial charge is 0.315 e. The predicted octanol–water partition coefficient (Wildman–Crippen LogP) is 6.23. The number of rotatable bonds is 8. The third-order valence-electron chi connectivity index (χ3n) is 6.24. The number of H-pyrrole nitrogens is 1. The van der Waals surface area contributed by atoms with Crippen LogP contribution in [0.5, 0.6) is 0 Å². The highest BCUT2D eigenvalue weighted by molar-refractivity contribution is 6.05. The Morgan fingerprint density at radius 2 is 1.78 bits per heavy atom. The fourth-order valence-corrected chi connectivity index (χ4v) is 4.61. The molecule has 1 aliphatic rings. The lowest BCUT2D eigenvalue weighted by Gasteiger charge is -2.31. The molecule has 0 radical (unpaired) electrons. The summed E-state index contributed by atoms with van der Waals surface area (Å²) in [6.07, 6.45) is 3.91.